The number of nitrogens with one attached hydrogen (secondary N) is 2. The highest BCUT2D eigenvalue weighted by molar-refractivity contribution is 6.38. The predicted molar refractivity (Wildman–Crippen MR) is 262 cm³/mol. The molecule has 0 aromatic rings. The lowest BCUT2D eigenvalue weighted by molar-refractivity contribution is -0.144. The van der Waals surface area contributed by atoms with Crippen molar-refractivity contribution in [2.24, 2.45) is 58.2 Å². The topological polar surface area (TPSA) is 223 Å². The van der Waals surface area contributed by atoms with Crippen LogP contribution in [0, 0.1) is 58.2 Å². The van der Waals surface area contributed by atoms with Crippen molar-refractivity contribution in [1.82, 2.24) is 20.4 Å². The summed E-state index contributed by atoms with van der Waals surface area (Å²) in [6.45, 7) is 21.9. The van der Waals surface area contributed by atoms with E-state index in [0.717, 1.165) is 0 Å². The monoisotopic (exact) mass is 979 g/mol. The molecule has 16 heteroatoms. The van der Waals surface area contributed by atoms with Crippen molar-refractivity contribution < 1.29 is 57.7 Å². The van der Waals surface area contributed by atoms with Crippen LogP contribution in [0.15, 0.2) is 25.3 Å². The molecule has 0 bridgehead atoms. The van der Waals surface area contributed by atoms with E-state index in [1.54, 1.807) is 22.0 Å². The summed E-state index contributed by atoms with van der Waals surface area (Å²) in [6, 6.07) is -1.04. The minimum atomic E-state index is -1.23. The van der Waals surface area contributed by atoms with Crippen LogP contribution in [0.3, 0.4) is 0 Å². The molecule has 390 valence electrons. The lowest BCUT2D eigenvalue weighted by atomic mass is 9.84. The van der Waals surface area contributed by atoms with Crippen LogP contribution in [0.4, 0.5) is 9.59 Å². The molecule has 4 amide bonds. The summed E-state index contributed by atoms with van der Waals surface area (Å²) >= 11 is 0. The number of cyclic esters (lactones) is 2. The second-order valence-corrected chi connectivity index (χ2v) is 22.1. The first-order valence-corrected chi connectivity index (χ1v) is 26.2. The van der Waals surface area contributed by atoms with E-state index >= 15 is 0 Å². The largest absolute Gasteiger partial charge is 0.450 e. The minimum absolute atomic E-state index is 0.00681. The van der Waals surface area contributed by atoms with E-state index in [-0.39, 0.29) is 108 Å². The molecular formula is C54H82N4O12. The fourth-order valence-corrected chi connectivity index (χ4v) is 11.9. The van der Waals surface area contributed by atoms with Gasteiger partial charge in [-0.05, 0) is 105 Å². The third kappa shape index (κ3) is 13.8. The van der Waals surface area contributed by atoms with Crippen LogP contribution in [0.5, 0.6) is 0 Å². The molecule has 4 heterocycles. The second-order valence-electron chi connectivity index (χ2n) is 22.1. The molecule has 2 aliphatic carbocycles. The number of carbonyl (C=O) groups excluding carboxylic acids is 9. The number of amides is 4. The standard InChI is InChI=1S/C27H42N2O6.C27H40N2O6/c2*1-5-6-12-20(30)24(32)18-11-7-8-13-28-26(34)35-14-9-10-17(2)25(33)29-16-19-22(27(19,3)4)23(29)21(31)15-18/h5,17-19,22-24,32H,1,6-16H2,2-4H3,(H,28,34);5,17-19,22-23H,1,6-16H2,2-4H3,(H,28,34)/t17-,18+,19-,22-,23+,24?;17-,18+,19-,22-,23+/m00/s1. The summed E-state index contributed by atoms with van der Waals surface area (Å²) in [4.78, 5) is 119. The molecule has 6 fully saturated rings. The van der Waals surface area contributed by atoms with Crippen LogP contribution in [-0.4, -0.2) is 125 Å². The number of rotatable bonds is 10. The van der Waals surface area contributed by atoms with Crippen LogP contribution in [0.25, 0.3) is 0 Å². The van der Waals surface area contributed by atoms with Crippen molar-refractivity contribution in [3.63, 3.8) is 0 Å². The van der Waals surface area contributed by atoms with Gasteiger partial charge in [-0.25, -0.2) is 9.59 Å². The van der Waals surface area contributed by atoms with Crippen molar-refractivity contribution in [2.75, 3.05) is 39.4 Å². The molecule has 0 spiro atoms. The Hall–Kier alpha value is -4.73. The van der Waals surface area contributed by atoms with Crippen LogP contribution in [-0.2, 0) is 43.0 Å². The molecule has 11 atom stereocenters. The van der Waals surface area contributed by atoms with Crippen molar-refractivity contribution in [1.29, 1.82) is 0 Å². The number of nitrogens with zero attached hydrogens (tertiary/aromatic N) is 2. The summed E-state index contributed by atoms with van der Waals surface area (Å²) < 4.78 is 10.4. The molecule has 6 aliphatic rings. The molecule has 4 aliphatic heterocycles. The van der Waals surface area contributed by atoms with Gasteiger partial charge < -0.3 is 35.0 Å². The van der Waals surface area contributed by atoms with Gasteiger partial charge in [0.25, 0.3) is 0 Å². The van der Waals surface area contributed by atoms with Gasteiger partial charge in [0.15, 0.2) is 23.1 Å². The van der Waals surface area contributed by atoms with E-state index in [1.165, 1.54) is 0 Å². The van der Waals surface area contributed by atoms with E-state index in [4.69, 9.17) is 9.47 Å². The summed E-state index contributed by atoms with van der Waals surface area (Å²) in [5, 5.41) is 16.3. The van der Waals surface area contributed by atoms with Gasteiger partial charge in [0.2, 0.25) is 17.6 Å². The number of hydrogen-bond donors (Lipinski definition) is 3. The number of aliphatic hydroxyl groups is 1. The average Bonchev–Trinajstić information content (AvgIpc) is 3.77. The minimum Gasteiger partial charge on any atom is -0.450 e. The SMILES string of the molecule is C=CCCC(=O)C(=O)[C@@H]1CCCCNC(=O)OCCC[C@H](C)C(=O)N2C[C@H]3[C@@H]([C@H]2C(=O)C1)C3(C)C.C=CCCC(=O)C(O)[C@@H]1CCCCNC(=O)OCCC[C@H](C)C(=O)N2C[C@H]3[C@@H]([C@H]2C(=O)C1)C3(C)C. The normalized spacial score (nSPS) is 32.4. The molecule has 6 rings (SSSR count). The van der Waals surface area contributed by atoms with E-state index in [9.17, 15) is 48.3 Å². The van der Waals surface area contributed by atoms with Crippen LogP contribution in [0.1, 0.15) is 144 Å². The van der Waals surface area contributed by atoms with Crippen LogP contribution < -0.4 is 10.6 Å². The van der Waals surface area contributed by atoms with Gasteiger partial charge in [0.1, 0.15) is 6.10 Å². The third-order valence-corrected chi connectivity index (χ3v) is 16.5. The number of fused-ring (bicyclic) bond motifs is 6. The van der Waals surface area contributed by atoms with Crippen molar-refractivity contribution >= 4 is 52.9 Å². The number of ether oxygens (including phenoxy) is 2. The molecular weight excluding hydrogens is 897 g/mol. The Kier molecular flexibility index (Phi) is 20.1. The maximum atomic E-state index is 13.7. The number of Topliss-reactive ketones (excluding diaryl/α,β-unsaturated/α-hetero) is 5. The molecule has 3 N–H and O–H groups in total. The molecule has 16 nitrogen and oxygen atoms in total. The van der Waals surface area contributed by atoms with Gasteiger partial charge in [-0.3, -0.25) is 33.6 Å². The maximum Gasteiger partial charge on any atom is 0.407 e. The van der Waals surface area contributed by atoms with Gasteiger partial charge in [-0.2, -0.15) is 0 Å². The smallest absolute Gasteiger partial charge is 0.407 e. The summed E-state index contributed by atoms with van der Waals surface area (Å²) in [7, 11) is 0. The fraction of sp³-hybridized carbons (Fsp3) is 0.759. The average molecular weight is 979 g/mol. The fourth-order valence-electron chi connectivity index (χ4n) is 11.9. The Labute approximate surface area is 415 Å². The van der Waals surface area contributed by atoms with E-state index in [2.05, 4.69) is 51.5 Å². The van der Waals surface area contributed by atoms with Crippen molar-refractivity contribution in [3.8, 4) is 0 Å². The van der Waals surface area contributed by atoms with Gasteiger partial charge in [0.05, 0.1) is 25.3 Å². The molecule has 0 aromatic carbocycles. The van der Waals surface area contributed by atoms with Gasteiger partial charge >= 0.3 is 12.2 Å². The zero-order chi connectivity index (χ0) is 51.5. The third-order valence-electron chi connectivity index (χ3n) is 16.5. The van der Waals surface area contributed by atoms with Gasteiger partial charge in [0, 0.05) is 69.6 Å². The van der Waals surface area contributed by atoms with E-state index in [0.29, 0.717) is 109 Å². The molecule has 2 saturated carbocycles. The highest BCUT2D eigenvalue weighted by Crippen LogP contribution is 2.66. The second kappa shape index (κ2) is 25.1. The Bertz CT molecular complexity index is 1960. The number of carbonyl (C=O) groups is 9. The Morgan fingerprint density at radius 3 is 1.61 bits per heavy atom. The first kappa shape index (κ1) is 56.2. The molecule has 70 heavy (non-hydrogen) atoms. The zero-order valence-corrected chi connectivity index (χ0v) is 42.8. The molecule has 1 unspecified atom stereocenters. The summed E-state index contributed by atoms with van der Waals surface area (Å²) in [5.74, 6) is -2.58. The first-order valence-electron chi connectivity index (χ1n) is 26.2. The number of alkyl carbamates (subject to hydrolysis) is 2. The van der Waals surface area contributed by atoms with Crippen molar-refractivity contribution in [3.05, 3.63) is 25.3 Å². The summed E-state index contributed by atoms with van der Waals surface area (Å²) in [6.07, 6.45) is 7.84. The number of allylic oxidation sites excluding steroid dienone is 2. The molecule has 4 saturated heterocycles. The van der Waals surface area contributed by atoms with Crippen LogP contribution in [0.2, 0.25) is 0 Å². The van der Waals surface area contributed by atoms with E-state index < -0.39 is 53.8 Å². The highest BCUT2D eigenvalue weighted by atomic mass is 16.6. The quantitative estimate of drug-likeness (QED) is 0.153. The predicted octanol–water partition coefficient (Wildman–Crippen LogP) is 6.74. The molecule has 0 aromatic heterocycles. The molecule has 0 radical (unpaired) electrons. The number of piperidine rings is 2. The maximum absolute atomic E-state index is 13.7. The number of aliphatic hydroxyl groups excluding tert-OH is 1. The highest BCUT2D eigenvalue weighted by Gasteiger charge is 2.70. The Balaban J connectivity index is 0.000000261. The zero-order valence-electron chi connectivity index (χ0n) is 42.8. The van der Waals surface area contributed by atoms with E-state index in [1.807, 2.05) is 13.8 Å². The number of hydrogen-bond acceptors (Lipinski definition) is 12. The lowest BCUT2D eigenvalue weighted by Crippen LogP contribution is -2.48. The first-order chi connectivity index (χ1) is 33.2. The Morgan fingerprint density at radius 1 is 0.671 bits per heavy atom. The Morgan fingerprint density at radius 2 is 1.13 bits per heavy atom. The lowest BCUT2D eigenvalue weighted by Gasteiger charge is -2.33. The van der Waals surface area contributed by atoms with Gasteiger partial charge in [-0.15, -0.1) is 13.2 Å². The van der Waals surface area contributed by atoms with Crippen molar-refractivity contribution in [2.45, 2.75) is 162 Å². The summed E-state index contributed by atoms with van der Waals surface area (Å²) in [5.41, 5.74) is -0.00882. The van der Waals surface area contributed by atoms with Crippen LogP contribution >= 0.6 is 0 Å². The van der Waals surface area contributed by atoms with Gasteiger partial charge in [-0.1, -0.05) is 66.5 Å². The number of ketones is 5.